The van der Waals surface area contributed by atoms with Gasteiger partial charge in [-0.05, 0) is 62.2 Å². The zero-order valence-corrected chi connectivity index (χ0v) is 12.9. The minimum atomic E-state index is 0.757. The van der Waals surface area contributed by atoms with Crippen molar-refractivity contribution >= 4 is 60.5 Å². The first kappa shape index (κ1) is 12.4. The number of nitrogens with one attached hydrogen (secondary N) is 1. The van der Waals surface area contributed by atoms with Gasteiger partial charge in [0.05, 0.1) is 3.79 Å². The SMILES string of the molecule is Clc1ccc(NCc2cc(Br)c(Br)s2)cc1. The van der Waals surface area contributed by atoms with Gasteiger partial charge in [-0.2, -0.15) is 0 Å². The summed E-state index contributed by atoms with van der Waals surface area (Å²) in [6.07, 6.45) is 0. The molecule has 0 unspecified atom stereocenters. The smallest absolute Gasteiger partial charge is 0.0843 e. The van der Waals surface area contributed by atoms with Gasteiger partial charge < -0.3 is 5.32 Å². The summed E-state index contributed by atoms with van der Waals surface area (Å²) in [6, 6.07) is 9.81. The lowest BCUT2D eigenvalue weighted by Crippen LogP contribution is -1.96. The molecule has 84 valence electrons. The van der Waals surface area contributed by atoms with Crippen molar-refractivity contribution in [1.82, 2.24) is 0 Å². The van der Waals surface area contributed by atoms with Crippen molar-refractivity contribution in [2.75, 3.05) is 5.32 Å². The Morgan fingerprint density at radius 3 is 2.44 bits per heavy atom. The molecule has 0 aliphatic rings. The number of anilines is 1. The van der Waals surface area contributed by atoms with Gasteiger partial charge in [0, 0.05) is 26.6 Å². The molecule has 1 aromatic heterocycles. The van der Waals surface area contributed by atoms with Gasteiger partial charge in [0.2, 0.25) is 0 Å². The molecule has 0 aliphatic carbocycles. The topological polar surface area (TPSA) is 12.0 Å². The zero-order chi connectivity index (χ0) is 11.5. The third kappa shape index (κ3) is 3.23. The first-order chi connectivity index (χ1) is 7.65. The van der Waals surface area contributed by atoms with Crippen LogP contribution >= 0.6 is 54.8 Å². The molecule has 1 heterocycles. The van der Waals surface area contributed by atoms with Crippen LogP contribution in [0.5, 0.6) is 0 Å². The summed E-state index contributed by atoms with van der Waals surface area (Å²) >= 11 is 14.5. The fourth-order valence-electron chi connectivity index (χ4n) is 1.24. The molecule has 0 aliphatic heterocycles. The Hall–Kier alpha value is -0.0300. The monoisotopic (exact) mass is 379 g/mol. The highest BCUT2D eigenvalue weighted by Gasteiger charge is 2.03. The fourth-order valence-corrected chi connectivity index (χ4v) is 3.48. The van der Waals surface area contributed by atoms with Gasteiger partial charge in [-0.3, -0.25) is 0 Å². The molecule has 0 atom stereocenters. The van der Waals surface area contributed by atoms with Gasteiger partial charge in [-0.25, -0.2) is 0 Å². The van der Waals surface area contributed by atoms with Crippen molar-refractivity contribution in [1.29, 1.82) is 0 Å². The van der Waals surface area contributed by atoms with Crippen LogP contribution in [0, 0.1) is 0 Å². The van der Waals surface area contributed by atoms with E-state index in [-0.39, 0.29) is 0 Å². The molecule has 16 heavy (non-hydrogen) atoms. The summed E-state index contributed by atoms with van der Waals surface area (Å²) in [6.45, 7) is 0.816. The van der Waals surface area contributed by atoms with Crippen molar-refractivity contribution < 1.29 is 0 Å². The second-order valence-corrected chi connectivity index (χ2v) is 6.94. The van der Waals surface area contributed by atoms with Gasteiger partial charge in [0.25, 0.3) is 0 Å². The largest absolute Gasteiger partial charge is 0.380 e. The van der Waals surface area contributed by atoms with Crippen molar-refractivity contribution in [2.45, 2.75) is 6.54 Å². The van der Waals surface area contributed by atoms with Crippen LogP contribution in [0.1, 0.15) is 4.88 Å². The van der Waals surface area contributed by atoms with Crippen LogP contribution in [-0.2, 0) is 6.54 Å². The first-order valence-corrected chi connectivity index (χ1v) is 7.36. The van der Waals surface area contributed by atoms with Crippen LogP contribution in [-0.4, -0.2) is 0 Å². The third-order valence-electron chi connectivity index (χ3n) is 2.01. The molecule has 5 heteroatoms. The Labute approximate surface area is 120 Å². The summed E-state index contributed by atoms with van der Waals surface area (Å²) in [5.74, 6) is 0. The Balaban J connectivity index is 1.99. The molecule has 0 saturated heterocycles. The average Bonchev–Trinajstić information content (AvgIpc) is 2.58. The summed E-state index contributed by atoms with van der Waals surface area (Å²) < 4.78 is 2.23. The van der Waals surface area contributed by atoms with E-state index in [0.29, 0.717) is 0 Å². The Morgan fingerprint density at radius 2 is 1.88 bits per heavy atom. The fraction of sp³-hybridized carbons (Fsp3) is 0.0909. The van der Waals surface area contributed by atoms with E-state index in [9.17, 15) is 0 Å². The van der Waals surface area contributed by atoms with E-state index in [0.717, 1.165) is 25.5 Å². The summed E-state index contributed by atoms with van der Waals surface area (Å²) in [4.78, 5) is 1.27. The highest BCUT2D eigenvalue weighted by atomic mass is 79.9. The molecule has 1 nitrogen and oxygen atoms in total. The van der Waals surface area contributed by atoms with E-state index in [1.165, 1.54) is 4.88 Å². The lowest BCUT2D eigenvalue weighted by Gasteiger charge is -2.04. The number of thiophene rings is 1. The molecule has 0 saturated carbocycles. The van der Waals surface area contributed by atoms with Crippen LogP contribution in [0.2, 0.25) is 5.02 Å². The van der Waals surface area contributed by atoms with Crippen molar-refractivity contribution in [3.05, 3.63) is 48.5 Å². The molecule has 0 fully saturated rings. The minimum Gasteiger partial charge on any atom is -0.380 e. The highest BCUT2D eigenvalue weighted by molar-refractivity contribution is 9.13. The highest BCUT2D eigenvalue weighted by Crippen LogP contribution is 2.32. The molecular weight excluding hydrogens is 373 g/mol. The van der Waals surface area contributed by atoms with E-state index in [1.54, 1.807) is 11.3 Å². The predicted molar refractivity (Wildman–Crippen MR) is 78.5 cm³/mol. The van der Waals surface area contributed by atoms with Crippen molar-refractivity contribution in [3.63, 3.8) is 0 Å². The summed E-state index contributed by atoms with van der Waals surface area (Å²) in [5, 5.41) is 4.10. The molecule has 2 aromatic rings. The van der Waals surface area contributed by atoms with Crippen LogP contribution in [0.4, 0.5) is 5.69 Å². The second-order valence-electron chi connectivity index (χ2n) is 3.19. The van der Waals surface area contributed by atoms with Gasteiger partial charge in [-0.15, -0.1) is 11.3 Å². The maximum Gasteiger partial charge on any atom is 0.0843 e. The van der Waals surface area contributed by atoms with Crippen molar-refractivity contribution in [3.8, 4) is 0 Å². The van der Waals surface area contributed by atoms with Crippen molar-refractivity contribution in [2.24, 2.45) is 0 Å². The average molecular weight is 382 g/mol. The lowest BCUT2D eigenvalue weighted by molar-refractivity contribution is 1.19. The predicted octanol–water partition coefficient (Wildman–Crippen LogP) is 5.54. The summed E-state index contributed by atoms with van der Waals surface area (Å²) in [7, 11) is 0. The summed E-state index contributed by atoms with van der Waals surface area (Å²) in [5.41, 5.74) is 1.07. The normalized spacial score (nSPS) is 10.4. The molecular formula is C11H8Br2ClNS. The Morgan fingerprint density at radius 1 is 1.19 bits per heavy atom. The molecule has 1 N–H and O–H groups in total. The second kappa shape index (κ2) is 5.54. The molecule has 0 bridgehead atoms. The number of benzene rings is 1. The van der Waals surface area contributed by atoms with Gasteiger partial charge in [0.1, 0.15) is 0 Å². The zero-order valence-electron chi connectivity index (χ0n) is 8.14. The number of hydrogen-bond acceptors (Lipinski definition) is 2. The van der Waals surface area contributed by atoms with Crippen LogP contribution in [0.15, 0.2) is 38.6 Å². The standard InChI is InChI=1S/C11H8Br2ClNS/c12-10-5-9(16-11(10)13)6-15-8-3-1-7(14)2-4-8/h1-5,15H,6H2. The van der Waals surface area contributed by atoms with E-state index >= 15 is 0 Å². The third-order valence-corrected chi connectivity index (χ3v) is 5.52. The van der Waals surface area contributed by atoms with E-state index in [1.807, 2.05) is 24.3 Å². The van der Waals surface area contributed by atoms with Crippen LogP contribution in [0.3, 0.4) is 0 Å². The van der Waals surface area contributed by atoms with Crippen LogP contribution in [0.25, 0.3) is 0 Å². The Bertz CT molecular complexity index is 462. The Kier molecular flexibility index (Phi) is 4.30. The number of rotatable bonds is 3. The quantitative estimate of drug-likeness (QED) is 0.736. The van der Waals surface area contributed by atoms with E-state index < -0.39 is 0 Å². The lowest BCUT2D eigenvalue weighted by atomic mass is 10.3. The van der Waals surface area contributed by atoms with Gasteiger partial charge in [-0.1, -0.05) is 11.6 Å². The molecule has 0 spiro atoms. The maximum atomic E-state index is 5.81. The van der Waals surface area contributed by atoms with Crippen LogP contribution < -0.4 is 5.32 Å². The molecule has 0 radical (unpaired) electrons. The van der Waals surface area contributed by atoms with Gasteiger partial charge in [0.15, 0.2) is 0 Å². The maximum absolute atomic E-state index is 5.81. The number of halogens is 3. The molecule has 1 aromatic carbocycles. The van der Waals surface area contributed by atoms with Gasteiger partial charge >= 0.3 is 0 Å². The minimum absolute atomic E-state index is 0.757. The van der Waals surface area contributed by atoms with E-state index in [2.05, 4.69) is 43.2 Å². The first-order valence-electron chi connectivity index (χ1n) is 4.58. The van der Waals surface area contributed by atoms with E-state index in [4.69, 9.17) is 11.6 Å². The molecule has 2 rings (SSSR count). The number of hydrogen-bond donors (Lipinski definition) is 1. The molecule has 0 amide bonds.